The maximum atomic E-state index is 12.2. The fourth-order valence-electron chi connectivity index (χ4n) is 2.81. The van der Waals surface area contributed by atoms with Crippen molar-refractivity contribution < 1.29 is 24.7 Å². The third-order valence-corrected chi connectivity index (χ3v) is 4.20. The number of hydrogen-bond donors (Lipinski definition) is 5. The zero-order chi connectivity index (χ0) is 16.4. The van der Waals surface area contributed by atoms with E-state index in [0.717, 1.165) is 0 Å². The fraction of sp³-hybridized carbons (Fsp3) is 0.833. The number of carbonyl (C=O) groups is 2. The van der Waals surface area contributed by atoms with Gasteiger partial charge in [0.05, 0.1) is 12.1 Å². The average molecular weight is 374 g/mol. The fourth-order valence-corrected chi connectivity index (χ4v) is 2.81. The number of hydrogen-bond acceptors (Lipinski definition) is 6. The van der Waals surface area contributed by atoms with E-state index in [1.165, 1.54) is 11.8 Å². The summed E-state index contributed by atoms with van der Waals surface area (Å²) in [6.07, 6.45) is 0.660. The van der Waals surface area contributed by atoms with Crippen LogP contribution in [0.3, 0.4) is 0 Å². The lowest BCUT2D eigenvalue weighted by Crippen LogP contribution is -2.69. The number of aliphatic carboxylic acids is 1. The van der Waals surface area contributed by atoms with E-state index in [9.17, 15) is 14.7 Å². The van der Waals surface area contributed by atoms with Crippen LogP contribution in [0.5, 0.6) is 0 Å². The lowest BCUT2D eigenvalue weighted by atomic mass is 9.72. The summed E-state index contributed by atoms with van der Waals surface area (Å²) in [4.78, 5) is 25.1. The molecule has 0 aromatic rings. The van der Waals surface area contributed by atoms with Crippen molar-refractivity contribution >= 4 is 43.8 Å². The lowest BCUT2D eigenvalue weighted by Gasteiger charge is -2.47. The molecule has 1 fully saturated rings. The first-order valence-electron chi connectivity index (χ1n) is 7.04. The Morgan fingerprint density at radius 2 is 1.91 bits per heavy atom. The number of likely N-dealkylation sites (tertiary alicyclic amines) is 1. The third-order valence-electron chi connectivity index (χ3n) is 4.20. The molecule has 7 N–H and O–H groups in total. The summed E-state index contributed by atoms with van der Waals surface area (Å²) in [6.45, 7) is 3.46. The molecule has 0 aromatic carbocycles. The quantitative estimate of drug-likeness (QED) is 0.390. The topological polar surface area (TPSA) is 150 Å². The van der Waals surface area contributed by atoms with Crippen molar-refractivity contribution in [2.45, 2.75) is 50.6 Å². The van der Waals surface area contributed by atoms with Crippen molar-refractivity contribution in [3.8, 4) is 0 Å². The number of carboxylic acid groups (broad SMARTS) is 1. The van der Waals surface area contributed by atoms with E-state index in [1.54, 1.807) is 6.92 Å². The summed E-state index contributed by atoms with van der Waals surface area (Å²) in [6, 6.07) is -1.42. The first-order valence-corrected chi connectivity index (χ1v) is 7.04. The number of nitrogens with two attached hydrogens (primary N) is 2. The Balaban J connectivity index is 0. The van der Waals surface area contributed by atoms with E-state index >= 15 is 0 Å². The van der Waals surface area contributed by atoms with Crippen molar-refractivity contribution in [1.82, 2.24) is 4.90 Å². The molecule has 0 radical (unpaired) electrons. The minimum absolute atomic E-state index is 0. The Kier molecular flexibility index (Phi) is 10.4. The summed E-state index contributed by atoms with van der Waals surface area (Å²) >= 11 is 0. The molecular formula is C12H26BCl2N3O5. The van der Waals surface area contributed by atoms with Gasteiger partial charge in [0, 0.05) is 6.54 Å². The molecule has 0 aromatic heterocycles. The zero-order valence-corrected chi connectivity index (χ0v) is 14.8. The number of rotatable bonds is 5. The van der Waals surface area contributed by atoms with Crippen molar-refractivity contribution in [2.24, 2.45) is 17.4 Å². The molecular weight excluding hydrogens is 348 g/mol. The normalized spacial score (nSPS) is 28.2. The van der Waals surface area contributed by atoms with Crippen LogP contribution in [0.1, 0.15) is 26.7 Å². The largest absolute Gasteiger partial charge is 0.480 e. The molecule has 1 heterocycles. The van der Waals surface area contributed by atoms with Gasteiger partial charge in [-0.05, 0) is 32.5 Å². The van der Waals surface area contributed by atoms with Crippen LogP contribution in [0.15, 0.2) is 0 Å². The second-order valence-corrected chi connectivity index (χ2v) is 5.93. The van der Waals surface area contributed by atoms with Crippen molar-refractivity contribution in [2.75, 3.05) is 6.54 Å². The Bertz CT molecular complexity index is 416. The van der Waals surface area contributed by atoms with Gasteiger partial charge in [0.15, 0.2) is 0 Å². The van der Waals surface area contributed by atoms with E-state index < -0.39 is 30.7 Å². The molecule has 4 atom stereocenters. The van der Waals surface area contributed by atoms with E-state index in [0.29, 0.717) is 13.0 Å². The molecule has 0 spiro atoms. The molecule has 1 amide bonds. The van der Waals surface area contributed by atoms with Crippen LogP contribution < -0.4 is 11.5 Å². The molecule has 0 bridgehead atoms. The number of halogens is 2. The van der Waals surface area contributed by atoms with Gasteiger partial charge < -0.3 is 31.5 Å². The molecule has 1 rings (SSSR count). The summed E-state index contributed by atoms with van der Waals surface area (Å²) in [5, 5.41) is 27.3. The smallest absolute Gasteiger partial charge is 0.451 e. The summed E-state index contributed by atoms with van der Waals surface area (Å²) < 4.78 is 0. The van der Waals surface area contributed by atoms with Crippen LogP contribution >= 0.6 is 24.8 Å². The molecule has 0 aliphatic carbocycles. The van der Waals surface area contributed by atoms with E-state index in [1.807, 2.05) is 0 Å². The van der Waals surface area contributed by atoms with Crippen molar-refractivity contribution in [3.63, 3.8) is 0 Å². The number of carboxylic acids is 1. The molecule has 1 aliphatic heterocycles. The van der Waals surface area contributed by atoms with Gasteiger partial charge in [-0.25, -0.2) is 0 Å². The zero-order valence-electron chi connectivity index (χ0n) is 13.2. The van der Waals surface area contributed by atoms with Crippen LogP contribution in [-0.2, 0) is 9.59 Å². The molecule has 0 saturated carbocycles. The minimum atomic E-state index is -1.56. The van der Waals surface area contributed by atoms with Gasteiger partial charge in [-0.2, -0.15) is 0 Å². The van der Waals surface area contributed by atoms with Crippen molar-refractivity contribution in [1.29, 1.82) is 0 Å². The van der Waals surface area contributed by atoms with Gasteiger partial charge in [0.2, 0.25) is 5.91 Å². The predicted molar refractivity (Wildman–Crippen MR) is 91.6 cm³/mol. The van der Waals surface area contributed by atoms with E-state index in [4.69, 9.17) is 21.5 Å². The second kappa shape index (κ2) is 9.66. The monoisotopic (exact) mass is 373 g/mol. The number of amides is 1. The molecule has 23 heavy (non-hydrogen) atoms. The number of carbonyl (C=O) groups excluding carboxylic acids is 1. The van der Waals surface area contributed by atoms with Crippen LogP contribution in [0.4, 0.5) is 0 Å². The van der Waals surface area contributed by atoms with Gasteiger partial charge in [-0.3, -0.25) is 9.59 Å². The molecule has 1 unspecified atom stereocenters. The lowest BCUT2D eigenvalue weighted by molar-refractivity contribution is -0.154. The summed E-state index contributed by atoms with van der Waals surface area (Å²) in [7, 11) is -1.46. The second-order valence-electron chi connectivity index (χ2n) is 5.93. The maximum Gasteiger partial charge on any atom is 0.451 e. The molecule has 1 aliphatic rings. The standard InChI is InChI=1S/C12H24BN3O5.2ClH/c1-7(14)10(17)16-6-9(3-4-13(20)21)5-12(15,8(16)2)11(18)19;;/h7-9,20-21H,3-6,14-15H2,1-2H3,(H,18,19);2*1H/t7?,8-,9-,12+;;/m0../s1. The Morgan fingerprint density at radius 1 is 1.39 bits per heavy atom. The summed E-state index contributed by atoms with van der Waals surface area (Å²) in [5.41, 5.74) is 10.1. The molecule has 1 saturated heterocycles. The van der Waals surface area contributed by atoms with Gasteiger partial charge >= 0.3 is 13.1 Å². The van der Waals surface area contributed by atoms with Crippen LogP contribution in [0, 0.1) is 5.92 Å². The molecule has 8 nitrogen and oxygen atoms in total. The van der Waals surface area contributed by atoms with Gasteiger partial charge in [-0.15, -0.1) is 24.8 Å². The first-order chi connectivity index (χ1) is 9.59. The number of nitrogens with zero attached hydrogens (tertiary/aromatic N) is 1. The van der Waals surface area contributed by atoms with Crippen LogP contribution in [-0.4, -0.2) is 63.2 Å². The van der Waals surface area contributed by atoms with Crippen molar-refractivity contribution in [3.05, 3.63) is 0 Å². The highest BCUT2D eigenvalue weighted by molar-refractivity contribution is 6.40. The Morgan fingerprint density at radius 3 is 2.30 bits per heavy atom. The first kappa shape index (κ1) is 24.7. The van der Waals surface area contributed by atoms with Gasteiger partial charge in [0.1, 0.15) is 5.54 Å². The summed E-state index contributed by atoms with van der Waals surface area (Å²) in [5.74, 6) is -1.74. The molecule has 136 valence electrons. The minimum Gasteiger partial charge on any atom is -0.480 e. The molecule has 11 heteroatoms. The Labute approximate surface area is 148 Å². The average Bonchev–Trinajstić information content (AvgIpc) is 2.38. The highest BCUT2D eigenvalue weighted by Gasteiger charge is 2.50. The highest BCUT2D eigenvalue weighted by atomic mass is 35.5. The van der Waals surface area contributed by atoms with E-state index in [2.05, 4.69) is 0 Å². The van der Waals surface area contributed by atoms with E-state index in [-0.39, 0.29) is 49.4 Å². The Hall–Kier alpha value is -0.575. The van der Waals surface area contributed by atoms with Gasteiger partial charge in [-0.1, -0.05) is 6.42 Å². The highest BCUT2D eigenvalue weighted by Crippen LogP contribution is 2.32. The van der Waals surface area contributed by atoms with Gasteiger partial charge in [0.25, 0.3) is 0 Å². The van der Waals surface area contributed by atoms with Crippen LogP contribution in [0.25, 0.3) is 0 Å². The third kappa shape index (κ3) is 5.77. The predicted octanol–water partition coefficient (Wildman–Crippen LogP) is -0.941. The SMILES string of the molecule is CC(N)C(=O)N1C[C@@H](CCB(O)O)C[C@](N)(C(=O)O)[C@@H]1C.Cl.Cl. The maximum absolute atomic E-state index is 12.2. The van der Waals surface area contributed by atoms with Crippen LogP contribution in [0.2, 0.25) is 6.32 Å². The number of piperidine rings is 1.